The molecule has 2 aromatic rings. The quantitative estimate of drug-likeness (QED) is 0.791. The van der Waals surface area contributed by atoms with Gasteiger partial charge in [-0.2, -0.15) is 0 Å². The first-order valence-corrected chi connectivity index (χ1v) is 8.00. The first kappa shape index (κ1) is 20.4. The van der Waals surface area contributed by atoms with Gasteiger partial charge in [-0.25, -0.2) is 0 Å². The standard InChI is InChI=1S/C7H7NO.C6H10O2.C6H6O2/c1-6(9)7-4-2-3-5-8-7;2*1-5(7)6-3-2-4-8-6/h2-5H,1H3;6H,2-4H2,1H3;2-4H,1H3. The number of aromatic nitrogens is 1. The summed E-state index contributed by atoms with van der Waals surface area (Å²) in [4.78, 5) is 35.3. The van der Waals surface area contributed by atoms with Gasteiger partial charge in [-0.3, -0.25) is 19.4 Å². The molecule has 2 aromatic heterocycles. The Morgan fingerprint density at radius 2 is 1.80 bits per heavy atom. The highest BCUT2D eigenvalue weighted by Gasteiger charge is 2.18. The molecule has 1 aliphatic rings. The molecule has 1 saturated heterocycles. The molecule has 0 bridgehead atoms. The summed E-state index contributed by atoms with van der Waals surface area (Å²) >= 11 is 0. The molecular weight excluding hydrogens is 322 g/mol. The van der Waals surface area contributed by atoms with Gasteiger partial charge in [-0.1, -0.05) is 6.07 Å². The predicted molar refractivity (Wildman–Crippen MR) is 92.6 cm³/mol. The molecule has 1 atom stereocenters. The van der Waals surface area contributed by atoms with Crippen LogP contribution in [0.15, 0.2) is 47.2 Å². The minimum Gasteiger partial charge on any atom is -0.461 e. The molecule has 134 valence electrons. The van der Waals surface area contributed by atoms with Crippen molar-refractivity contribution < 1.29 is 23.5 Å². The van der Waals surface area contributed by atoms with E-state index < -0.39 is 0 Å². The largest absolute Gasteiger partial charge is 0.461 e. The van der Waals surface area contributed by atoms with Crippen LogP contribution in [-0.4, -0.2) is 35.0 Å². The lowest BCUT2D eigenvalue weighted by Crippen LogP contribution is -2.14. The van der Waals surface area contributed by atoms with Crippen LogP contribution in [0.2, 0.25) is 0 Å². The van der Waals surface area contributed by atoms with E-state index >= 15 is 0 Å². The number of Topliss-reactive ketones (excluding diaryl/α,β-unsaturated/α-hetero) is 3. The van der Waals surface area contributed by atoms with Crippen molar-refractivity contribution in [2.24, 2.45) is 0 Å². The molecule has 0 aliphatic carbocycles. The van der Waals surface area contributed by atoms with Gasteiger partial charge in [0, 0.05) is 26.7 Å². The number of ether oxygens (including phenoxy) is 1. The summed E-state index contributed by atoms with van der Waals surface area (Å²) in [6.07, 6.45) is 4.99. The van der Waals surface area contributed by atoms with E-state index in [1.165, 1.54) is 20.1 Å². The number of hydrogen-bond acceptors (Lipinski definition) is 6. The molecule has 3 heterocycles. The number of carbonyl (C=O) groups is 3. The van der Waals surface area contributed by atoms with Crippen molar-refractivity contribution >= 4 is 17.3 Å². The molecule has 25 heavy (non-hydrogen) atoms. The Hall–Kier alpha value is -2.60. The maximum atomic E-state index is 10.6. The Labute approximate surface area is 147 Å². The summed E-state index contributed by atoms with van der Waals surface area (Å²) in [6.45, 7) is 5.32. The number of ketones is 3. The van der Waals surface area contributed by atoms with E-state index in [2.05, 4.69) is 4.98 Å². The monoisotopic (exact) mass is 345 g/mol. The first-order valence-electron chi connectivity index (χ1n) is 8.00. The van der Waals surface area contributed by atoms with Gasteiger partial charge in [0.05, 0.1) is 6.26 Å². The zero-order chi connectivity index (χ0) is 18.7. The fourth-order valence-electron chi connectivity index (χ4n) is 1.95. The van der Waals surface area contributed by atoms with Crippen molar-refractivity contribution in [3.05, 3.63) is 54.2 Å². The van der Waals surface area contributed by atoms with Gasteiger partial charge in [-0.05, 0) is 44.0 Å². The van der Waals surface area contributed by atoms with Crippen LogP contribution in [0.3, 0.4) is 0 Å². The van der Waals surface area contributed by atoms with Crippen molar-refractivity contribution in [3.8, 4) is 0 Å². The van der Waals surface area contributed by atoms with E-state index in [0.717, 1.165) is 19.4 Å². The van der Waals surface area contributed by atoms with Gasteiger partial charge >= 0.3 is 0 Å². The predicted octanol–water partition coefficient (Wildman–Crippen LogP) is 3.52. The van der Waals surface area contributed by atoms with E-state index in [4.69, 9.17) is 9.15 Å². The Morgan fingerprint density at radius 1 is 1.04 bits per heavy atom. The highest BCUT2D eigenvalue weighted by atomic mass is 16.5. The molecule has 0 radical (unpaired) electrons. The average Bonchev–Trinajstić information content (AvgIpc) is 3.30. The normalized spacial score (nSPS) is 15.2. The Bertz CT molecular complexity index is 658. The smallest absolute Gasteiger partial charge is 0.194 e. The van der Waals surface area contributed by atoms with Gasteiger partial charge in [0.25, 0.3) is 0 Å². The number of carbonyl (C=O) groups excluding carboxylic acids is 3. The molecule has 1 unspecified atom stereocenters. The van der Waals surface area contributed by atoms with Crippen molar-refractivity contribution in [1.29, 1.82) is 0 Å². The van der Waals surface area contributed by atoms with E-state index in [-0.39, 0.29) is 23.5 Å². The van der Waals surface area contributed by atoms with Crippen molar-refractivity contribution in [3.63, 3.8) is 0 Å². The molecule has 3 rings (SSSR count). The number of pyridine rings is 1. The maximum Gasteiger partial charge on any atom is 0.194 e. The van der Waals surface area contributed by atoms with Gasteiger partial charge in [0.1, 0.15) is 11.8 Å². The van der Waals surface area contributed by atoms with Crippen LogP contribution in [0.25, 0.3) is 0 Å². The fraction of sp³-hybridized carbons (Fsp3) is 0.368. The minimum absolute atomic E-state index is 0.00981. The molecule has 0 saturated carbocycles. The second kappa shape index (κ2) is 11.0. The fourth-order valence-corrected chi connectivity index (χ4v) is 1.95. The topological polar surface area (TPSA) is 86.5 Å². The van der Waals surface area contributed by atoms with Crippen LogP contribution in [0.5, 0.6) is 0 Å². The van der Waals surface area contributed by atoms with E-state index in [1.807, 2.05) is 0 Å². The maximum absolute atomic E-state index is 10.6. The lowest BCUT2D eigenvalue weighted by molar-refractivity contribution is -0.125. The summed E-state index contributed by atoms with van der Waals surface area (Å²) in [6, 6.07) is 8.61. The number of nitrogens with zero attached hydrogens (tertiary/aromatic N) is 1. The highest BCUT2D eigenvalue weighted by Crippen LogP contribution is 2.11. The number of furan rings is 1. The Kier molecular flexibility index (Phi) is 9.03. The summed E-state index contributed by atoms with van der Waals surface area (Å²) in [5, 5.41) is 0. The first-order chi connectivity index (χ1) is 11.9. The third-order valence-electron chi connectivity index (χ3n) is 3.28. The van der Waals surface area contributed by atoms with Crippen molar-refractivity contribution in [2.45, 2.75) is 39.7 Å². The number of hydrogen-bond donors (Lipinski definition) is 0. The summed E-state index contributed by atoms with van der Waals surface area (Å²) in [7, 11) is 0. The molecule has 1 fully saturated rings. The highest BCUT2D eigenvalue weighted by molar-refractivity contribution is 5.92. The van der Waals surface area contributed by atoms with E-state index in [0.29, 0.717) is 11.5 Å². The van der Waals surface area contributed by atoms with Crippen molar-refractivity contribution in [1.82, 2.24) is 4.98 Å². The molecule has 6 heteroatoms. The van der Waals surface area contributed by atoms with Crippen LogP contribution in [0.4, 0.5) is 0 Å². The summed E-state index contributed by atoms with van der Waals surface area (Å²) < 4.78 is 9.81. The SMILES string of the molecule is CC(=O)C1CCCO1.CC(=O)c1ccccn1.CC(=O)c1ccco1. The third-order valence-corrected chi connectivity index (χ3v) is 3.28. The summed E-state index contributed by atoms with van der Waals surface area (Å²) in [5.41, 5.74) is 0.525. The van der Waals surface area contributed by atoms with E-state index in [1.54, 1.807) is 43.5 Å². The summed E-state index contributed by atoms with van der Waals surface area (Å²) in [5.74, 6) is 0.568. The van der Waals surface area contributed by atoms with Crippen LogP contribution >= 0.6 is 0 Å². The molecule has 0 spiro atoms. The minimum atomic E-state index is -0.0741. The zero-order valence-corrected chi connectivity index (χ0v) is 14.7. The molecule has 1 aliphatic heterocycles. The molecule has 0 amide bonds. The van der Waals surface area contributed by atoms with Crippen molar-refractivity contribution in [2.75, 3.05) is 6.61 Å². The Balaban J connectivity index is 0.000000188. The van der Waals surface area contributed by atoms with Gasteiger partial charge in [-0.15, -0.1) is 0 Å². The van der Waals surface area contributed by atoms with Crippen LogP contribution in [-0.2, 0) is 9.53 Å². The van der Waals surface area contributed by atoms with Crippen LogP contribution in [0, 0.1) is 0 Å². The second-order valence-corrected chi connectivity index (χ2v) is 5.42. The molecule has 6 nitrogen and oxygen atoms in total. The van der Waals surface area contributed by atoms with Crippen LogP contribution in [0.1, 0.15) is 54.7 Å². The Morgan fingerprint density at radius 3 is 2.08 bits per heavy atom. The van der Waals surface area contributed by atoms with E-state index in [9.17, 15) is 14.4 Å². The molecule has 0 aromatic carbocycles. The average molecular weight is 345 g/mol. The number of rotatable bonds is 3. The van der Waals surface area contributed by atoms with Gasteiger partial charge in [0.2, 0.25) is 0 Å². The van der Waals surface area contributed by atoms with Gasteiger partial charge in [0.15, 0.2) is 23.1 Å². The molecular formula is C19H23NO5. The molecule has 0 N–H and O–H groups in total. The lowest BCUT2D eigenvalue weighted by atomic mass is 10.2. The third kappa shape index (κ3) is 8.17. The van der Waals surface area contributed by atoms with Crippen LogP contribution < -0.4 is 0 Å². The van der Waals surface area contributed by atoms with Gasteiger partial charge < -0.3 is 9.15 Å². The lowest BCUT2D eigenvalue weighted by Gasteiger charge is -2.00. The zero-order valence-electron chi connectivity index (χ0n) is 14.7. The second-order valence-electron chi connectivity index (χ2n) is 5.42.